The molecule has 0 amide bonds. The minimum absolute atomic E-state index is 0.762. The Morgan fingerprint density at radius 1 is 1.07 bits per heavy atom. The lowest BCUT2D eigenvalue weighted by Gasteiger charge is -2.28. The molecular formula is C13H24N2. The minimum Gasteiger partial charge on any atom is -0.313 e. The van der Waals surface area contributed by atoms with E-state index in [-0.39, 0.29) is 0 Å². The largest absolute Gasteiger partial charge is 0.313 e. The van der Waals surface area contributed by atoms with Crippen LogP contribution in [0.1, 0.15) is 44.9 Å². The molecule has 3 rings (SSSR count). The molecule has 2 heteroatoms. The first-order chi connectivity index (χ1) is 7.42. The van der Waals surface area contributed by atoms with Crippen molar-refractivity contribution in [3.8, 4) is 0 Å². The molecule has 2 aliphatic carbocycles. The predicted octanol–water partition coefficient (Wildman–Crippen LogP) is 1.91. The first kappa shape index (κ1) is 10.1. The zero-order valence-corrected chi connectivity index (χ0v) is 9.67. The van der Waals surface area contributed by atoms with Crippen molar-refractivity contribution in [1.29, 1.82) is 0 Å². The first-order valence-corrected chi connectivity index (χ1v) is 6.88. The Balaban J connectivity index is 1.42. The van der Waals surface area contributed by atoms with Gasteiger partial charge in [0.05, 0.1) is 0 Å². The highest BCUT2D eigenvalue weighted by atomic mass is 15.0. The van der Waals surface area contributed by atoms with E-state index < -0.39 is 0 Å². The van der Waals surface area contributed by atoms with Gasteiger partial charge in [-0.25, -0.2) is 0 Å². The van der Waals surface area contributed by atoms with Crippen molar-refractivity contribution in [1.82, 2.24) is 10.6 Å². The van der Waals surface area contributed by atoms with Gasteiger partial charge in [0.25, 0.3) is 0 Å². The Labute approximate surface area is 93.2 Å². The van der Waals surface area contributed by atoms with Gasteiger partial charge >= 0.3 is 0 Å². The van der Waals surface area contributed by atoms with Gasteiger partial charge < -0.3 is 10.6 Å². The second kappa shape index (κ2) is 4.42. The van der Waals surface area contributed by atoms with Gasteiger partial charge in [-0.15, -0.1) is 0 Å². The van der Waals surface area contributed by atoms with Gasteiger partial charge in [-0.1, -0.05) is 12.8 Å². The molecule has 1 aliphatic heterocycles. The summed E-state index contributed by atoms with van der Waals surface area (Å²) < 4.78 is 0. The smallest absolute Gasteiger partial charge is 0.0192 e. The average Bonchev–Trinajstić information content (AvgIpc) is 2.89. The highest BCUT2D eigenvalue weighted by molar-refractivity contribution is 4.94. The second-order valence-electron chi connectivity index (χ2n) is 5.84. The lowest BCUT2D eigenvalue weighted by Crippen LogP contribution is -2.46. The molecule has 0 aromatic rings. The van der Waals surface area contributed by atoms with Crippen molar-refractivity contribution in [3.63, 3.8) is 0 Å². The van der Waals surface area contributed by atoms with Crippen LogP contribution in [0, 0.1) is 11.8 Å². The molecule has 1 heterocycles. The van der Waals surface area contributed by atoms with E-state index in [0.717, 1.165) is 23.9 Å². The summed E-state index contributed by atoms with van der Waals surface area (Å²) in [7, 11) is 0. The Morgan fingerprint density at radius 2 is 2.07 bits per heavy atom. The van der Waals surface area contributed by atoms with Crippen molar-refractivity contribution in [2.45, 2.75) is 57.0 Å². The van der Waals surface area contributed by atoms with Crippen LogP contribution in [-0.4, -0.2) is 25.2 Å². The molecule has 15 heavy (non-hydrogen) atoms. The van der Waals surface area contributed by atoms with Crippen molar-refractivity contribution in [2.24, 2.45) is 11.8 Å². The van der Waals surface area contributed by atoms with E-state index in [1.165, 1.54) is 58.0 Å². The molecule has 2 N–H and O–H groups in total. The van der Waals surface area contributed by atoms with Crippen LogP contribution in [0.4, 0.5) is 0 Å². The number of hydrogen-bond acceptors (Lipinski definition) is 2. The molecule has 0 aromatic heterocycles. The molecule has 4 unspecified atom stereocenters. The van der Waals surface area contributed by atoms with Crippen molar-refractivity contribution in [2.75, 3.05) is 13.1 Å². The predicted molar refractivity (Wildman–Crippen MR) is 62.9 cm³/mol. The van der Waals surface area contributed by atoms with Crippen LogP contribution in [0.3, 0.4) is 0 Å². The molecule has 0 spiro atoms. The Bertz CT molecular complexity index is 211. The highest BCUT2D eigenvalue weighted by Crippen LogP contribution is 2.44. The quantitative estimate of drug-likeness (QED) is 0.740. The Hall–Kier alpha value is -0.0800. The van der Waals surface area contributed by atoms with E-state index in [4.69, 9.17) is 0 Å². The molecule has 0 radical (unpaired) electrons. The van der Waals surface area contributed by atoms with E-state index in [0.29, 0.717) is 0 Å². The lowest BCUT2D eigenvalue weighted by molar-refractivity contribution is 0.313. The molecule has 2 bridgehead atoms. The van der Waals surface area contributed by atoms with E-state index in [9.17, 15) is 0 Å². The normalized spacial score (nSPS) is 44.8. The maximum Gasteiger partial charge on any atom is 0.0192 e. The fraction of sp³-hybridized carbons (Fsp3) is 1.00. The van der Waals surface area contributed by atoms with Gasteiger partial charge in [-0.2, -0.15) is 0 Å². The molecule has 1 saturated heterocycles. The third kappa shape index (κ3) is 2.21. The summed E-state index contributed by atoms with van der Waals surface area (Å²) in [5, 5.41) is 7.44. The molecule has 86 valence electrons. The first-order valence-electron chi connectivity index (χ1n) is 6.88. The standard InChI is InChI=1S/C13H24N2/c1-2-6-14-12(3-1)9-15-13-8-10-4-5-11(13)7-10/h10-15H,1-9H2. The molecule has 2 saturated carbocycles. The third-order valence-electron chi connectivity index (χ3n) is 4.78. The van der Waals surface area contributed by atoms with Crippen molar-refractivity contribution >= 4 is 0 Å². The second-order valence-corrected chi connectivity index (χ2v) is 5.84. The monoisotopic (exact) mass is 208 g/mol. The van der Waals surface area contributed by atoms with Crippen LogP contribution in [-0.2, 0) is 0 Å². The molecule has 3 fully saturated rings. The van der Waals surface area contributed by atoms with Gasteiger partial charge in [-0.05, 0) is 50.5 Å². The summed E-state index contributed by atoms with van der Waals surface area (Å²) in [5.41, 5.74) is 0. The number of piperidine rings is 1. The van der Waals surface area contributed by atoms with Gasteiger partial charge in [0.2, 0.25) is 0 Å². The maximum absolute atomic E-state index is 3.82. The van der Waals surface area contributed by atoms with E-state index in [1.807, 2.05) is 0 Å². The van der Waals surface area contributed by atoms with Gasteiger partial charge in [0.15, 0.2) is 0 Å². The molecule has 2 nitrogen and oxygen atoms in total. The summed E-state index contributed by atoms with van der Waals surface area (Å²) in [4.78, 5) is 0. The Morgan fingerprint density at radius 3 is 2.73 bits per heavy atom. The van der Waals surface area contributed by atoms with E-state index in [2.05, 4.69) is 10.6 Å². The van der Waals surface area contributed by atoms with Crippen molar-refractivity contribution in [3.05, 3.63) is 0 Å². The van der Waals surface area contributed by atoms with Crippen LogP contribution in [0.25, 0.3) is 0 Å². The van der Waals surface area contributed by atoms with Gasteiger partial charge in [0, 0.05) is 18.6 Å². The van der Waals surface area contributed by atoms with Gasteiger partial charge in [-0.3, -0.25) is 0 Å². The molecule has 0 aromatic carbocycles. The summed E-state index contributed by atoms with van der Waals surface area (Å²) in [6.45, 7) is 2.46. The molecule has 3 aliphatic rings. The zero-order chi connectivity index (χ0) is 10.1. The zero-order valence-electron chi connectivity index (χ0n) is 9.67. The van der Waals surface area contributed by atoms with Gasteiger partial charge in [0.1, 0.15) is 0 Å². The van der Waals surface area contributed by atoms with Crippen LogP contribution in [0.15, 0.2) is 0 Å². The molecular weight excluding hydrogens is 184 g/mol. The fourth-order valence-corrected chi connectivity index (χ4v) is 3.89. The van der Waals surface area contributed by atoms with Crippen LogP contribution < -0.4 is 10.6 Å². The summed E-state index contributed by atoms with van der Waals surface area (Å²) >= 11 is 0. The maximum atomic E-state index is 3.82. The minimum atomic E-state index is 0.762. The average molecular weight is 208 g/mol. The van der Waals surface area contributed by atoms with Crippen molar-refractivity contribution < 1.29 is 0 Å². The summed E-state index contributed by atoms with van der Waals surface area (Å²) in [6.07, 6.45) is 10.2. The van der Waals surface area contributed by atoms with E-state index in [1.54, 1.807) is 0 Å². The van der Waals surface area contributed by atoms with Crippen LogP contribution in [0.5, 0.6) is 0 Å². The third-order valence-corrected chi connectivity index (χ3v) is 4.78. The number of fused-ring (bicyclic) bond motifs is 2. The Kier molecular flexibility index (Phi) is 2.98. The summed E-state index contributed by atoms with van der Waals surface area (Å²) in [6, 6.07) is 1.63. The fourth-order valence-electron chi connectivity index (χ4n) is 3.89. The number of rotatable bonds is 3. The SMILES string of the molecule is C1CCC(CNC2CC3CCC2C3)NC1. The lowest BCUT2D eigenvalue weighted by atomic mass is 9.95. The van der Waals surface area contributed by atoms with Crippen LogP contribution in [0.2, 0.25) is 0 Å². The van der Waals surface area contributed by atoms with E-state index >= 15 is 0 Å². The highest BCUT2D eigenvalue weighted by Gasteiger charge is 2.39. The number of nitrogens with one attached hydrogen (secondary N) is 2. The topological polar surface area (TPSA) is 24.1 Å². The number of hydrogen-bond donors (Lipinski definition) is 2. The van der Waals surface area contributed by atoms with Crippen LogP contribution >= 0.6 is 0 Å². The summed E-state index contributed by atoms with van der Waals surface area (Å²) in [5.74, 6) is 2.10. The molecule has 4 atom stereocenters.